The lowest BCUT2D eigenvalue weighted by molar-refractivity contribution is -0.0316. The van der Waals surface area contributed by atoms with Crippen LogP contribution < -0.4 is 0 Å². The molecule has 1 aromatic heterocycles. The fraction of sp³-hybridized carbons (Fsp3) is 0.357. The molecule has 1 fully saturated rings. The molecule has 3 rings (SSSR count). The van der Waals surface area contributed by atoms with E-state index < -0.39 is 5.60 Å². The molecule has 1 N–H and O–H groups in total. The van der Waals surface area contributed by atoms with E-state index in [9.17, 15) is 5.11 Å². The summed E-state index contributed by atoms with van der Waals surface area (Å²) < 4.78 is 5.46. The third kappa shape index (κ3) is 1.63. The van der Waals surface area contributed by atoms with Crippen LogP contribution in [0.3, 0.4) is 0 Å². The third-order valence-electron chi connectivity index (χ3n) is 3.63. The smallest absolute Gasteiger partial charge is 0.118 e. The van der Waals surface area contributed by atoms with Crippen molar-refractivity contribution in [1.29, 1.82) is 0 Å². The summed E-state index contributed by atoms with van der Waals surface area (Å²) in [5.74, 6) is 0. The summed E-state index contributed by atoms with van der Waals surface area (Å²) in [5.41, 5.74) is 0.942. The molecule has 2 atom stereocenters. The second-order valence-electron chi connectivity index (χ2n) is 4.60. The average molecular weight is 229 g/mol. The van der Waals surface area contributed by atoms with Gasteiger partial charge >= 0.3 is 0 Å². The van der Waals surface area contributed by atoms with Crippen LogP contribution in [-0.4, -0.2) is 22.8 Å². The molecule has 3 nitrogen and oxygen atoms in total. The first-order chi connectivity index (χ1) is 8.20. The van der Waals surface area contributed by atoms with Crippen LogP contribution in [-0.2, 0) is 10.3 Å². The molecule has 17 heavy (non-hydrogen) atoms. The molecule has 0 radical (unpaired) electrons. The minimum Gasteiger partial charge on any atom is -0.382 e. The molecule has 2 heterocycles. The molecule has 0 amide bonds. The highest BCUT2D eigenvalue weighted by molar-refractivity contribution is 5.79. The molecule has 1 aliphatic rings. The summed E-state index contributed by atoms with van der Waals surface area (Å²) in [7, 11) is 0. The molecule has 1 aliphatic heterocycles. The Morgan fingerprint density at radius 3 is 3.06 bits per heavy atom. The van der Waals surface area contributed by atoms with Crippen LogP contribution in [0.5, 0.6) is 0 Å². The molecule has 0 bridgehead atoms. The topological polar surface area (TPSA) is 42.4 Å². The monoisotopic (exact) mass is 229 g/mol. The van der Waals surface area contributed by atoms with Gasteiger partial charge in [-0.2, -0.15) is 0 Å². The molecule has 88 valence electrons. The number of ether oxygens (including phenoxy) is 1. The van der Waals surface area contributed by atoms with Crippen LogP contribution in [0, 0.1) is 0 Å². The van der Waals surface area contributed by atoms with E-state index in [0.717, 1.165) is 16.5 Å². The maximum atomic E-state index is 10.6. The van der Waals surface area contributed by atoms with Crippen molar-refractivity contribution in [2.75, 3.05) is 6.61 Å². The van der Waals surface area contributed by atoms with Crippen molar-refractivity contribution in [3.63, 3.8) is 0 Å². The number of rotatable bonds is 1. The fourth-order valence-electron chi connectivity index (χ4n) is 2.45. The van der Waals surface area contributed by atoms with Crippen LogP contribution in [0.1, 0.15) is 18.9 Å². The Bertz CT molecular complexity index is 555. The highest BCUT2D eigenvalue weighted by Crippen LogP contribution is 2.36. The van der Waals surface area contributed by atoms with E-state index in [-0.39, 0.29) is 6.10 Å². The summed E-state index contributed by atoms with van der Waals surface area (Å²) in [5, 5.41) is 11.7. The molecular formula is C14H15NO2. The summed E-state index contributed by atoms with van der Waals surface area (Å²) in [4.78, 5) is 4.32. The predicted molar refractivity (Wildman–Crippen MR) is 65.7 cm³/mol. The largest absolute Gasteiger partial charge is 0.382 e. The van der Waals surface area contributed by atoms with Crippen molar-refractivity contribution < 1.29 is 9.84 Å². The van der Waals surface area contributed by atoms with E-state index in [4.69, 9.17) is 4.74 Å². The van der Waals surface area contributed by atoms with Crippen molar-refractivity contribution in [2.24, 2.45) is 0 Å². The minimum atomic E-state index is -0.869. The third-order valence-corrected chi connectivity index (χ3v) is 3.63. The quantitative estimate of drug-likeness (QED) is 0.815. The Kier molecular flexibility index (Phi) is 2.38. The van der Waals surface area contributed by atoms with Gasteiger partial charge < -0.3 is 9.84 Å². The highest BCUT2D eigenvalue weighted by atomic mass is 16.5. The number of pyridine rings is 1. The Labute approximate surface area is 100 Å². The van der Waals surface area contributed by atoms with E-state index in [0.29, 0.717) is 13.0 Å². The Hall–Kier alpha value is -1.45. The van der Waals surface area contributed by atoms with Crippen molar-refractivity contribution in [3.8, 4) is 0 Å². The number of benzene rings is 1. The van der Waals surface area contributed by atoms with Gasteiger partial charge in [0.1, 0.15) is 5.60 Å². The molecule has 1 aromatic carbocycles. The van der Waals surface area contributed by atoms with E-state index in [1.54, 1.807) is 6.20 Å². The van der Waals surface area contributed by atoms with Crippen LogP contribution in [0.4, 0.5) is 0 Å². The van der Waals surface area contributed by atoms with Gasteiger partial charge in [0.05, 0.1) is 18.2 Å². The lowest BCUT2D eigenvalue weighted by Crippen LogP contribution is -2.33. The number of fused-ring (bicyclic) bond motifs is 1. The normalized spacial score (nSPS) is 28.7. The summed E-state index contributed by atoms with van der Waals surface area (Å²) >= 11 is 0. The molecule has 0 aliphatic carbocycles. The molecule has 2 aromatic rings. The zero-order valence-corrected chi connectivity index (χ0v) is 9.76. The van der Waals surface area contributed by atoms with Crippen LogP contribution in [0.15, 0.2) is 36.5 Å². The van der Waals surface area contributed by atoms with Crippen LogP contribution in [0.2, 0.25) is 0 Å². The molecular weight excluding hydrogens is 214 g/mol. The van der Waals surface area contributed by atoms with Gasteiger partial charge in [-0.25, -0.2) is 0 Å². The van der Waals surface area contributed by atoms with E-state index in [2.05, 4.69) is 4.98 Å². The van der Waals surface area contributed by atoms with Crippen molar-refractivity contribution >= 4 is 10.9 Å². The molecule has 0 spiro atoms. The average Bonchev–Trinajstić information content (AvgIpc) is 2.70. The Morgan fingerprint density at radius 1 is 1.41 bits per heavy atom. The SMILES string of the molecule is CC1OCCC1(O)c1ccc2cccnc2c1. The van der Waals surface area contributed by atoms with Gasteiger partial charge in [-0.1, -0.05) is 18.2 Å². The zero-order chi connectivity index (χ0) is 11.9. The summed E-state index contributed by atoms with van der Waals surface area (Å²) in [6.07, 6.45) is 2.25. The van der Waals surface area contributed by atoms with Gasteiger partial charge in [0.25, 0.3) is 0 Å². The van der Waals surface area contributed by atoms with E-state index in [1.807, 2.05) is 37.3 Å². The van der Waals surface area contributed by atoms with E-state index in [1.165, 1.54) is 0 Å². The van der Waals surface area contributed by atoms with Crippen molar-refractivity contribution in [2.45, 2.75) is 25.0 Å². The summed E-state index contributed by atoms with van der Waals surface area (Å²) in [6.45, 7) is 2.52. The first kappa shape index (κ1) is 10.7. The Morgan fingerprint density at radius 2 is 2.29 bits per heavy atom. The van der Waals surface area contributed by atoms with Crippen molar-refractivity contribution in [3.05, 3.63) is 42.1 Å². The van der Waals surface area contributed by atoms with Crippen LogP contribution in [0.25, 0.3) is 10.9 Å². The number of nitrogens with zero attached hydrogens (tertiary/aromatic N) is 1. The summed E-state index contributed by atoms with van der Waals surface area (Å²) in [6, 6.07) is 9.86. The van der Waals surface area contributed by atoms with Gasteiger partial charge in [-0.3, -0.25) is 4.98 Å². The van der Waals surface area contributed by atoms with Gasteiger partial charge in [0, 0.05) is 18.0 Å². The standard InChI is InChI=1S/C14H15NO2/c1-10-14(16,6-8-17-10)12-5-4-11-3-2-7-15-13(11)9-12/h2-5,7,9-10,16H,6,8H2,1H3. The van der Waals surface area contributed by atoms with Crippen LogP contribution >= 0.6 is 0 Å². The lowest BCUT2D eigenvalue weighted by Gasteiger charge is -2.26. The van der Waals surface area contributed by atoms with Gasteiger partial charge in [-0.05, 0) is 24.6 Å². The second-order valence-corrected chi connectivity index (χ2v) is 4.60. The van der Waals surface area contributed by atoms with Gasteiger partial charge in [-0.15, -0.1) is 0 Å². The molecule has 1 saturated heterocycles. The maximum Gasteiger partial charge on any atom is 0.118 e. The lowest BCUT2D eigenvalue weighted by atomic mass is 9.87. The first-order valence-electron chi connectivity index (χ1n) is 5.89. The van der Waals surface area contributed by atoms with Gasteiger partial charge in [0.2, 0.25) is 0 Å². The van der Waals surface area contributed by atoms with Gasteiger partial charge in [0.15, 0.2) is 0 Å². The zero-order valence-electron chi connectivity index (χ0n) is 9.76. The predicted octanol–water partition coefficient (Wildman–Crippen LogP) is 2.23. The number of hydrogen-bond donors (Lipinski definition) is 1. The first-order valence-corrected chi connectivity index (χ1v) is 5.89. The maximum absolute atomic E-state index is 10.6. The number of aliphatic hydroxyl groups is 1. The number of hydrogen-bond acceptors (Lipinski definition) is 3. The fourth-order valence-corrected chi connectivity index (χ4v) is 2.45. The molecule has 3 heteroatoms. The molecule has 2 unspecified atom stereocenters. The highest BCUT2D eigenvalue weighted by Gasteiger charge is 2.41. The molecule has 0 saturated carbocycles. The van der Waals surface area contributed by atoms with Crippen molar-refractivity contribution in [1.82, 2.24) is 4.98 Å². The second kappa shape index (κ2) is 3.79. The van der Waals surface area contributed by atoms with E-state index >= 15 is 0 Å². The Balaban J connectivity index is 2.12. The minimum absolute atomic E-state index is 0.163. The number of aromatic nitrogens is 1.